The molecule has 1 fully saturated rings. The molecule has 2 aliphatic heterocycles. The van der Waals surface area contributed by atoms with Gasteiger partial charge in [-0.25, -0.2) is 0 Å². The number of fused-ring (bicyclic) bond motifs is 1. The van der Waals surface area contributed by atoms with Gasteiger partial charge in [-0.05, 0) is 44.1 Å². The fourth-order valence-electron chi connectivity index (χ4n) is 2.88. The molecule has 5 heteroatoms. The summed E-state index contributed by atoms with van der Waals surface area (Å²) in [4.78, 5) is 2.51. The first-order valence-corrected chi connectivity index (χ1v) is 7.13. The van der Waals surface area contributed by atoms with Crippen LogP contribution >= 0.6 is 12.4 Å². The quantitative estimate of drug-likeness (QED) is 0.926. The monoisotopic (exact) mass is 298 g/mol. The zero-order valence-electron chi connectivity index (χ0n) is 11.9. The molecule has 2 aliphatic rings. The average Bonchev–Trinajstić information content (AvgIpc) is 2.47. The highest BCUT2D eigenvalue weighted by molar-refractivity contribution is 5.85. The summed E-state index contributed by atoms with van der Waals surface area (Å²) in [7, 11) is 2.05. The fraction of sp³-hybridized carbons (Fsp3) is 0.600. The molecule has 0 radical (unpaired) electrons. The second-order valence-electron chi connectivity index (χ2n) is 5.34. The number of halogens is 1. The van der Waals surface area contributed by atoms with Crippen LogP contribution in [0.25, 0.3) is 0 Å². The first-order chi connectivity index (χ1) is 9.35. The molecule has 2 heterocycles. The number of piperidine rings is 1. The van der Waals surface area contributed by atoms with Gasteiger partial charge in [-0.2, -0.15) is 0 Å². The van der Waals surface area contributed by atoms with E-state index < -0.39 is 0 Å². The SMILES string of the molecule is CNC1CCCN(Cc2ccc3c(c2)OCCO3)C1.Cl. The first-order valence-electron chi connectivity index (χ1n) is 7.13. The topological polar surface area (TPSA) is 33.7 Å². The Morgan fingerprint density at radius 3 is 2.85 bits per heavy atom. The zero-order valence-corrected chi connectivity index (χ0v) is 12.7. The van der Waals surface area contributed by atoms with E-state index in [1.165, 1.54) is 24.9 Å². The lowest BCUT2D eigenvalue weighted by Crippen LogP contribution is -2.43. The van der Waals surface area contributed by atoms with Crippen molar-refractivity contribution in [2.24, 2.45) is 0 Å². The molecule has 0 aliphatic carbocycles. The first kappa shape index (κ1) is 15.4. The van der Waals surface area contributed by atoms with Crippen molar-refractivity contribution in [3.63, 3.8) is 0 Å². The van der Waals surface area contributed by atoms with Gasteiger partial charge in [0, 0.05) is 19.1 Å². The van der Waals surface area contributed by atoms with Gasteiger partial charge in [0.2, 0.25) is 0 Å². The molecule has 0 spiro atoms. The van der Waals surface area contributed by atoms with E-state index in [4.69, 9.17) is 9.47 Å². The number of hydrogen-bond acceptors (Lipinski definition) is 4. The van der Waals surface area contributed by atoms with Crippen LogP contribution in [0, 0.1) is 0 Å². The summed E-state index contributed by atoms with van der Waals surface area (Å²) in [5.41, 5.74) is 1.31. The molecule has 1 aromatic carbocycles. The summed E-state index contributed by atoms with van der Waals surface area (Å²) in [6.07, 6.45) is 2.56. The molecule has 0 amide bonds. The highest BCUT2D eigenvalue weighted by Gasteiger charge is 2.19. The van der Waals surface area contributed by atoms with Crippen LogP contribution in [0.15, 0.2) is 18.2 Å². The van der Waals surface area contributed by atoms with Crippen molar-refractivity contribution in [2.45, 2.75) is 25.4 Å². The summed E-state index contributed by atoms with van der Waals surface area (Å²) in [6, 6.07) is 6.93. The lowest BCUT2D eigenvalue weighted by Gasteiger charge is -2.32. The summed E-state index contributed by atoms with van der Waals surface area (Å²) in [5.74, 6) is 1.77. The maximum absolute atomic E-state index is 5.64. The number of nitrogens with zero attached hydrogens (tertiary/aromatic N) is 1. The molecule has 1 atom stereocenters. The van der Waals surface area contributed by atoms with Crippen LogP contribution < -0.4 is 14.8 Å². The van der Waals surface area contributed by atoms with E-state index in [-0.39, 0.29) is 12.4 Å². The second-order valence-corrected chi connectivity index (χ2v) is 5.34. The van der Waals surface area contributed by atoms with E-state index in [0.29, 0.717) is 19.3 Å². The maximum atomic E-state index is 5.64. The van der Waals surface area contributed by atoms with Crippen molar-refractivity contribution in [2.75, 3.05) is 33.4 Å². The lowest BCUT2D eigenvalue weighted by atomic mass is 10.0. The van der Waals surface area contributed by atoms with Gasteiger partial charge in [-0.3, -0.25) is 4.90 Å². The highest BCUT2D eigenvalue weighted by Crippen LogP contribution is 2.31. The zero-order chi connectivity index (χ0) is 13.1. The molecule has 20 heavy (non-hydrogen) atoms. The molecule has 1 N–H and O–H groups in total. The number of benzene rings is 1. The number of ether oxygens (including phenoxy) is 2. The number of likely N-dealkylation sites (tertiary alicyclic amines) is 1. The van der Waals surface area contributed by atoms with E-state index in [2.05, 4.69) is 29.4 Å². The molecule has 0 aromatic heterocycles. The lowest BCUT2D eigenvalue weighted by molar-refractivity contribution is 0.169. The van der Waals surface area contributed by atoms with Crippen LogP contribution in [-0.4, -0.2) is 44.3 Å². The Hall–Kier alpha value is -0.970. The molecule has 3 rings (SSSR count). The Kier molecular flexibility index (Phi) is 5.52. The maximum Gasteiger partial charge on any atom is 0.161 e. The summed E-state index contributed by atoms with van der Waals surface area (Å²) >= 11 is 0. The summed E-state index contributed by atoms with van der Waals surface area (Å²) in [5, 5.41) is 3.38. The number of hydrogen-bond donors (Lipinski definition) is 1. The van der Waals surface area contributed by atoms with Crippen molar-refractivity contribution in [1.82, 2.24) is 10.2 Å². The molecule has 0 bridgehead atoms. The van der Waals surface area contributed by atoms with E-state index in [1.54, 1.807) is 0 Å². The van der Waals surface area contributed by atoms with Crippen LogP contribution in [0.4, 0.5) is 0 Å². The molecule has 1 unspecified atom stereocenters. The Labute approximate surface area is 126 Å². The molecule has 4 nitrogen and oxygen atoms in total. The van der Waals surface area contributed by atoms with Crippen molar-refractivity contribution in [3.05, 3.63) is 23.8 Å². The standard InChI is InChI=1S/C15H22N2O2.ClH/c1-16-13-3-2-6-17(11-13)10-12-4-5-14-15(9-12)19-8-7-18-14;/h4-5,9,13,16H,2-3,6-8,10-11H2,1H3;1H. The van der Waals surface area contributed by atoms with Crippen molar-refractivity contribution in [1.29, 1.82) is 0 Å². The number of rotatable bonds is 3. The predicted molar refractivity (Wildman–Crippen MR) is 82.0 cm³/mol. The van der Waals surface area contributed by atoms with E-state index >= 15 is 0 Å². The average molecular weight is 299 g/mol. The van der Waals surface area contributed by atoms with Crippen LogP contribution in [0.1, 0.15) is 18.4 Å². The largest absolute Gasteiger partial charge is 0.486 e. The van der Waals surface area contributed by atoms with Crippen molar-refractivity contribution >= 4 is 12.4 Å². The Morgan fingerprint density at radius 1 is 1.25 bits per heavy atom. The summed E-state index contributed by atoms with van der Waals surface area (Å²) in [6.45, 7) is 4.62. The third-order valence-corrected chi connectivity index (χ3v) is 3.93. The van der Waals surface area contributed by atoms with Gasteiger partial charge >= 0.3 is 0 Å². The smallest absolute Gasteiger partial charge is 0.161 e. The van der Waals surface area contributed by atoms with Gasteiger partial charge in [0.05, 0.1) is 0 Å². The van der Waals surface area contributed by atoms with Crippen LogP contribution in [0.2, 0.25) is 0 Å². The molecule has 1 saturated heterocycles. The number of likely N-dealkylation sites (N-methyl/N-ethyl adjacent to an activating group) is 1. The van der Waals surface area contributed by atoms with E-state index in [0.717, 1.165) is 24.6 Å². The predicted octanol–water partition coefficient (Wildman–Crippen LogP) is 2.06. The highest BCUT2D eigenvalue weighted by atomic mass is 35.5. The van der Waals surface area contributed by atoms with Crippen molar-refractivity contribution < 1.29 is 9.47 Å². The minimum Gasteiger partial charge on any atom is -0.486 e. The third-order valence-electron chi connectivity index (χ3n) is 3.93. The van der Waals surface area contributed by atoms with Crippen LogP contribution in [0.5, 0.6) is 11.5 Å². The minimum atomic E-state index is 0. The molecular formula is C15H23ClN2O2. The van der Waals surface area contributed by atoms with Gasteiger partial charge in [0.25, 0.3) is 0 Å². The Balaban J connectivity index is 0.00000147. The number of nitrogens with one attached hydrogen (secondary N) is 1. The Bertz CT molecular complexity index is 442. The van der Waals surface area contributed by atoms with Gasteiger partial charge in [-0.15, -0.1) is 12.4 Å². The molecule has 0 saturated carbocycles. The fourth-order valence-corrected chi connectivity index (χ4v) is 2.88. The third kappa shape index (κ3) is 3.57. The molecular weight excluding hydrogens is 276 g/mol. The minimum absolute atomic E-state index is 0. The van der Waals surface area contributed by atoms with Crippen LogP contribution in [-0.2, 0) is 6.54 Å². The van der Waals surface area contributed by atoms with Crippen LogP contribution in [0.3, 0.4) is 0 Å². The van der Waals surface area contributed by atoms with E-state index in [1.807, 2.05) is 6.07 Å². The summed E-state index contributed by atoms with van der Waals surface area (Å²) < 4.78 is 11.2. The Morgan fingerprint density at radius 2 is 2.05 bits per heavy atom. The van der Waals surface area contributed by atoms with Crippen molar-refractivity contribution in [3.8, 4) is 11.5 Å². The van der Waals surface area contributed by atoms with Gasteiger partial charge in [0.1, 0.15) is 13.2 Å². The second kappa shape index (κ2) is 7.16. The normalized spacial score (nSPS) is 22.1. The van der Waals surface area contributed by atoms with Gasteiger partial charge in [0.15, 0.2) is 11.5 Å². The van der Waals surface area contributed by atoms with E-state index in [9.17, 15) is 0 Å². The molecule has 1 aromatic rings. The molecule has 112 valence electrons. The van der Waals surface area contributed by atoms with Gasteiger partial charge < -0.3 is 14.8 Å². The van der Waals surface area contributed by atoms with Gasteiger partial charge in [-0.1, -0.05) is 6.07 Å².